The molecule has 0 aromatic heterocycles. The van der Waals surface area contributed by atoms with Crippen LogP contribution in [0.1, 0.15) is 88.8 Å². The maximum absolute atomic E-state index is 14.5. The number of hydrogen-bond donors (Lipinski definition) is 5. The number of carbonyl (C=O) groups is 2. The van der Waals surface area contributed by atoms with E-state index in [1.54, 1.807) is 39.8 Å². The third-order valence-electron chi connectivity index (χ3n) is 11.8. The SMILES string of the molecule is CO[C@@H]1[C@H](O[C@H]2C[C@](C)(O)Cc3cc4c(c(O)c32)C(=O)c2c(O)cc3c(c2C4=O)O[C@H]2O[C@@]3(C)C(O)[C@H](N(C)C)C2O)O[C@H](C)[C@@H](OC)[C@@]1(C)OC. The number of benzene rings is 2. The average Bonchev–Trinajstić information content (AvgIpc) is 3.05. The molecule has 15 nitrogen and oxygen atoms in total. The number of carbonyl (C=O) groups excluding carboxylic acids is 2. The largest absolute Gasteiger partial charge is 0.507 e. The average molecular weight is 730 g/mol. The normalized spacial score (nSPS) is 39.4. The predicted molar refractivity (Wildman–Crippen MR) is 180 cm³/mol. The van der Waals surface area contributed by atoms with Crippen molar-refractivity contribution in [1.29, 1.82) is 0 Å². The number of nitrogens with zero attached hydrogens (tertiary/aromatic N) is 1. The molecule has 12 atom stereocenters. The Morgan fingerprint density at radius 2 is 1.62 bits per heavy atom. The standard InChI is InChI=1S/C37H47NO14/c1-14-31(46-7)37(4,48-9)32(47-8)34(49-14)50-19-13-35(2,45)12-15-10-16-21(26(41)20(15)19)27(42)22-18(39)11-17-29(23(22)25(16)40)51-33-28(43)24(38(5)6)30(44)36(17,3)52-33/h10-11,14,19,24,28,30-34,39,41,43-45H,12-13H2,1-9H3/t14-,19+,24-,28?,30?,31-,32-,33+,34+,35-,36-,37-/m1/s1. The van der Waals surface area contributed by atoms with E-state index in [0.717, 1.165) is 0 Å². The van der Waals surface area contributed by atoms with Crippen molar-refractivity contribution in [3.8, 4) is 17.2 Å². The third-order valence-corrected chi connectivity index (χ3v) is 11.8. The van der Waals surface area contributed by atoms with Crippen molar-refractivity contribution in [2.45, 2.75) is 113 Å². The smallest absolute Gasteiger partial charge is 0.228 e. The van der Waals surface area contributed by atoms with Crippen molar-refractivity contribution in [3.05, 3.63) is 51.1 Å². The Hall–Kier alpha value is -3.22. The molecule has 5 aliphatic rings. The lowest BCUT2D eigenvalue weighted by Gasteiger charge is -2.53. The van der Waals surface area contributed by atoms with Gasteiger partial charge in [0, 0.05) is 50.9 Å². The van der Waals surface area contributed by atoms with Crippen molar-refractivity contribution in [2.24, 2.45) is 0 Å². The van der Waals surface area contributed by atoms with E-state index in [9.17, 15) is 35.1 Å². The van der Waals surface area contributed by atoms with Gasteiger partial charge in [0.25, 0.3) is 0 Å². The number of likely N-dealkylation sites (N-methyl/N-ethyl adjacent to an activating group) is 1. The molecule has 0 amide bonds. The summed E-state index contributed by atoms with van der Waals surface area (Å²) in [6, 6.07) is 1.82. The van der Waals surface area contributed by atoms with E-state index in [-0.39, 0.29) is 46.4 Å². The molecule has 2 aromatic rings. The Bertz CT molecular complexity index is 1830. The van der Waals surface area contributed by atoms with Crippen LogP contribution >= 0.6 is 0 Å². The summed E-state index contributed by atoms with van der Waals surface area (Å²) in [5, 5.41) is 57.4. The quantitative estimate of drug-likeness (QED) is 0.244. The summed E-state index contributed by atoms with van der Waals surface area (Å²) in [5.41, 5.74) is -4.54. The number of phenols is 2. The zero-order chi connectivity index (χ0) is 38.0. The summed E-state index contributed by atoms with van der Waals surface area (Å²) < 4.78 is 42.2. The van der Waals surface area contributed by atoms with Gasteiger partial charge in [-0.15, -0.1) is 0 Å². The number of methoxy groups -OCH3 is 3. The molecule has 2 saturated heterocycles. The summed E-state index contributed by atoms with van der Waals surface area (Å²) in [7, 11) is 7.89. The number of ether oxygens (including phenoxy) is 7. The van der Waals surface area contributed by atoms with Crippen molar-refractivity contribution >= 4 is 11.6 Å². The molecule has 2 aliphatic carbocycles. The molecule has 3 heterocycles. The second-order valence-corrected chi connectivity index (χ2v) is 15.4. The molecule has 2 bridgehead atoms. The maximum atomic E-state index is 14.5. The van der Waals surface area contributed by atoms with E-state index in [2.05, 4.69) is 0 Å². The molecular formula is C37H47NO14. The number of hydrogen-bond acceptors (Lipinski definition) is 15. The van der Waals surface area contributed by atoms with Gasteiger partial charge in [-0.25, -0.2) is 0 Å². The van der Waals surface area contributed by atoms with Gasteiger partial charge >= 0.3 is 0 Å². The van der Waals surface area contributed by atoms with Gasteiger partial charge in [0.1, 0.15) is 52.9 Å². The predicted octanol–water partition coefficient (Wildman–Crippen LogP) is 1.42. The van der Waals surface area contributed by atoms with Crippen LogP contribution in [0.5, 0.6) is 17.2 Å². The van der Waals surface area contributed by atoms with E-state index in [1.807, 2.05) is 6.92 Å². The highest BCUT2D eigenvalue weighted by Crippen LogP contribution is 2.55. The summed E-state index contributed by atoms with van der Waals surface area (Å²) in [4.78, 5) is 30.6. The van der Waals surface area contributed by atoms with Crippen LogP contribution in [0.4, 0.5) is 0 Å². The van der Waals surface area contributed by atoms with Crippen molar-refractivity contribution in [1.82, 2.24) is 4.90 Å². The van der Waals surface area contributed by atoms with Gasteiger partial charge in [0.2, 0.25) is 12.1 Å². The molecule has 7 rings (SSSR count). The van der Waals surface area contributed by atoms with E-state index in [4.69, 9.17) is 33.2 Å². The molecule has 15 heteroatoms. The van der Waals surface area contributed by atoms with Crippen LogP contribution in [-0.4, -0.2) is 138 Å². The topological polar surface area (TPSA) is 203 Å². The molecule has 2 aromatic carbocycles. The van der Waals surface area contributed by atoms with Crippen LogP contribution in [0.15, 0.2) is 12.1 Å². The Balaban J connectivity index is 1.34. The molecule has 2 fully saturated rings. The number of ketones is 2. The second-order valence-electron chi connectivity index (χ2n) is 15.4. The van der Waals surface area contributed by atoms with Gasteiger partial charge in [0.05, 0.1) is 40.5 Å². The minimum atomic E-state index is -1.55. The van der Waals surface area contributed by atoms with Gasteiger partial charge in [0.15, 0.2) is 12.1 Å². The second kappa shape index (κ2) is 12.4. The lowest BCUT2D eigenvalue weighted by Crippen LogP contribution is -2.68. The van der Waals surface area contributed by atoms with Crippen LogP contribution in [0, 0.1) is 0 Å². The number of fused-ring (bicyclic) bond motifs is 8. The fourth-order valence-corrected chi connectivity index (χ4v) is 9.20. The van der Waals surface area contributed by atoms with Crippen LogP contribution in [0.25, 0.3) is 0 Å². The van der Waals surface area contributed by atoms with E-state index in [0.29, 0.717) is 5.56 Å². The fourth-order valence-electron chi connectivity index (χ4n) is 9.20. The lowest BCUT2D eigenvalue weighted by atomic mass is 9.72. The van der Waals surface area contributed by atoms with Gasteiger partial charge < -0.3 is 63.6 Å². The summed E-state index contributed by atoms with van der Waals surface area (Å²) >= 11 is 0. The van der Waals surface area contributed by atoms with E-state index >= 15 is 0 Å². The zero-order valence-electron chi connectivity index (χ0n) is 30.6. The first-order valence-electron chi connectivity index (χ1n) is 17.2. The molecule has 52 heavy (non-hydrogen) atoms. The summed E-state index contributed by atoms with van der Waals surface area (Å²) in [5.74, 6) is -2.85. The van der Waals surface area contributed by atoms with E-state index < -0.39 is 101 Å². The third kappa shape index (κ3) is 5.09. The highest BCUT2D eigenvalue weighted by molar-refractivity contribution is 6.31. The fraction of sp³-hybridized carbons (Fsp3) is 0.622. The van der Waals surface area contributed by atoms with Crippen LogP contribution in [0.3, 0.4) is 0 Å². The number of rotatable bonds is 6. The molecule has 0 saturated carbocycles. The van der Waals surface area contributed by atoms with Gasteiger partial charge in [-0.3, -0.25) is 9.59 Å². The minimum Gasteiger partial charge on any atom is -0.507 e. The van der Waals surface area contributed by atoms with Crippen LogP contribution in [-0.2, 0) is 40.4 Å². The number of aromatic hydroxyl groups is 2. The Morgan fingerprint density at radius 1 is 0.942 bits per heavy atom. The van der Waals surface area contributed by atoms with E-state index in [1.165, 1.54) is 33.5 Å². The molecule has 0 spiro atoms. The Labute approximate surface area is 300 Å². The summed E-state index contributed by atoms with van der Waals surface area (Å²) in [6.07, 6.45) is -8.03. The van der Waals surface area contributed by atoms with Gasteiger partial charge in [-0.1, -0.05) is 0 Å². The number of phenolic OH excluding ortho intramolecular Hbond substituents is 2. The highest BCUT2D eigenvalue weighted by Gasteiger charge is 2.60. The first-order valence-corrected chi connectivity index (χ1v) is 17.2. The van der Waals surface area contributed by atoms with Crippen LogP contribution < -0.4 is 4.74 Å². The molecule has 0 radical (unpaired) electrons. The summed E-state index contributed by atoms with van der Waals surface area (Å²) in [6.45, 7) is 6.76. The van der Waals surface area contributed by atoms with Gasteiger partial charge in [-0.05, 0) is 59.5 Å². The Kier molecular flexibility index (Phi) is 8.86. The Morgan fingerprint density at radius 3 is 2.23 bits per heavy atom. The number of aliphatic hydroxyl groups is 3. The molecule has 5 N–H and O–H groups in total. The molecule has 284 valence electrons. The maximum Gasteiger partial charge on any atom is 0.228 e. The van der Waals surface area contributed by atoms with Crippen molar-refractivity contribution in [2.75, 3.05) is 35.4 Å². The van der Waals surface area contributed by atoms with Gasteiger partial charge in [-0.2, -0.15) is 0 Å². The van der Waals surface area contributed by atoms with Crippen molar-refractivity contribution < 1.29 is 68.3 Å². The first-order chi connectivity index (χ1) is 24.3. The zero-order valence-corrected chi connectivity index (χ0v) is 30.6. The number of aliphatic hydroxyl groups excluding tert-OH is 2. The highest BCUT2D eigenvalue weighted by atomic mass is 16.7. The molecule has 3 aliphatic heterocycles. The minimum absolute atomic E-state index is 0.00146. The molecule has 2 unspecified atom stereocenters. The van der Waals surface area contributed by atoms with Crippen LogP contribution in [0.2, 0.25) is 0 Å². The monoisotopic (exact) mass is 729 g/mol. The first kappa shape index (κ1) is 37.1. The molecular weight excluding hydrogens is 682 g/mol. The lowest BCUT2D eigenvalue weighted by molar-refractivity contribution is -0.345. The van der Waals surface area contributed by atoms with Crippen molar-refractivity contribution in [3.63, 3.8) is 0 Å².